The van der Waals surface area contributed by atoms with E-state index in [1.165, 1.54) is 5.56 Å². The molecule has 29 heavy (non-hydrogen) atoms. The van der Waals surface area contributed by atoms with E-state index < -0.39 is 0 Å². The molecule has 0 saturated heterocycles. The molecule has 0 saturated carbocycles. The highest BCUT2D eigenvalue weighted by Crippen LogP contribution is 2.36. The first-order chi connectivity index (χ1) is 13.9. The normalized spacial score (nSPS) is 12.4. The Morgan fingerprint density at radius 2 is 1.76 bits per heavy atom. The van der Waals surface area contributed by atoms with Gasteiger partial charge in [-0.3, -0.25) is 4.98 Å². The summed E-state index contributed by atoms with van der Waals surface area (Å²) in [4.78, 5) is 9.42. The largest absolute Gasteiger partial charge is 0.437 e. The lowest BCUT2D eigenvalue weighted by Crippen LogP contribution is -2.33. The van der Waals surface area contributed by atoms with Crippen LogP contribution in [0.2, 0.25) is 0 Å². The van der Waals surface area contributed by atoms with Gasteiger partial charge in [-0.15, -0.1) is 0 Å². The van der Waals surface area contributed by atoms with E-state index in [4.69, 9.17) is 9.40 Å². The minimum Gasteiger partial charge on any atom is -0.437 e. The number of hydrogen-bond donors (Lipinski definition) is 0. The molecule has 3 heterocycles. The fourth-order valence-corrected chi connectivity index (χ4v) is 3.84. The second kappa shape index (κ2) is 6.48. The highest BCUT2D eigenvalue weighted by atomic mass is 16.3. The summed E-state index contributed by atoms with van der Waals surface area (Å²) in [5.41, 5.74) is 5.69. The SMILES string of the molecule is BC(B)(c1ccnc(-c2cccc3c2oc2nc4ccccc4cc23)c1)C(C)C. The van der Waals surface area contributed by atoms with Crippen LogP contribution in [-0.2, 0) is 5.21 Å². The van der Waals surface area contributed by atoms with Crippen LogP contribution in [0.15, 0.2) is 71.3 Å². The molecule has 0 aliphatic carbocycles. The predicted molar refractivity (Wildman–Crippen MR) is 126 cm³/mol. The number of aromatic nitrogens is 2. The third-order valence-corrected chi connectivity index (χ3v) is 6.42. The Morgan fingerprint density at radius 3 is 2.59 bits per heavy atom. The molecule has 5 heteroatoms. The molecule has 3 aromatic heterocycles. The second-order valence-electron chi connectivity index (χ2n) is 8.62. The Balaban J connectivity index is 1.75. The van der Waals surface area contributed by atoms with Gasteiger partial charge in [0.1, 0.15) is 21.3 Å². The Morgan fingerprint density at radius 1 is 0.931 bits per heavy atom. The Labute approximate surface area is 172 Å². The van der Waals surface area contributed by atoms with Crippen molar-refractivity contribution in [2.75, 3.05) is 0 Å². The van der Waals surface area contributed by atoms with Crippen molar-refractivity contribution in [3.63, 3.8) is 0 Å². The third kappa shape index (κ3) is 2.84. The maximum atomic E-state index is 6.27. The van der Waals surface area contributed by atoms with Gasteiger partial charge >= 0.3 is 0 Å². The highest BCUT2D eigenvalue weighted by Gasteiger charge is 2.25. The quantitative estimate of drug-likeness (QED) is 0.442. The predicted octanol–water partition coefficient (Wildman–Crippen LogP) is 4.27. The van der Waals surface area contributed by atoms with Crippen LogP contribution in [0.3, 0.4) is 0 Å². The molecule has 0 aliphatic heterocycles. The molecule has 0 unspecified atom stereocenters. The molecule has 3 nitrogen and oxygen atoms in total. The van der Waals surface area contributed by atoms with Crippen LogP contribution in [0, 0.1) is 5.92 Å². The van der Waals surface area contributed by atoms with Gasteiger partial charge in [-0.05, 0) is 30.3 Å². The van der Waals surface area contributed by atoms with Crippen molar-refractivity contribution < 1.29 is 4.42 Å². The second-order valence-corrected chi connectivity index (χ2v) is 8.62. The first-order valence-corrected chi connectivity index (χ1v) is 10.1. The Hall–Kier alpha value is -3.07. The van der Waals surface area contributed by atoms with E-state index in [9.17, 15) is 0 Å². The minimum absolute atomic E-state index is 0.0682. The zero-order chi connectivity index (χ0) is 20.2. The van der Waals surface area contributed by atoms with Gasteiger partial charge in [0.2, 0.25) is 5.71 Å². The maximum Gasteiger partial charge on any atom is 0.227 e. The molecule has 5 aromatic rings. The molecule has 140 valence electrons. The topological polar surface area (TPSA) is 38.9 Å². The molecule has 0 fully saturated rings. The van der Waals surface area contributed by atoms with E-state index in [2.05, 4.69) is 77.0 Å². The number of benzene rings is 2. The Kier molecular flexibility index (Phi) is 4.02. The lowest BCUT2D eigenvalue weighted by Gasteiger charge is -2.30. The summed E-state index contributed by atoms with van der Waals surface area (Å²) in [5.74, 6) is 0.524. The first-order valence-electron chi connectivity index (χ1n) is 10.1. The average Bonchev–Trinajstić information content (AvgIpc) is 3.09. The molecule has 2 aromatic carbocycles. The number of hydrogen-bond acceptors (Lipinski definition) is 3. The van der Waals surface area contributed by atoms with E-state index in [0.29, 0.717) is 11.6 Å². The standard InChI is InChI=1S/C24H22B2N2O/c1-14(2)24(25,26)16-10-11-27-21(13-16)18-8-5-7-17-19-12-15-6-3-4-9-20(15)28-23(19)29-22(17)18/h3-14H,25-26H2,1-2H3. The average molecular weight is 376 g/mol. The van der Waals surface area contributed by atoms with Crippen molar-refractivity contribution in [2.24, 2.45) is 5.92 Å². The lowest BCUT2D eigenvalue weighted by molar-refractivity contribution is 0.570. The smallest absolute Gasteiger partial charge is 0.227 e. The van der Waals surface area contributed by atoms with Crippen molar-refractivity contribution in [1.82, 2.24) is 9.97 Å². The van der Waals surface area contributed by atoms with Crippen molar-refractivity contribution in [3.8, 4) is 11.3 Å². The van der Waals surface area contributed by atoms with Crippen LogP contribution in [-0.4, -0.2) is 25.7 Å². The van der Waals surface area contributed by atoms with Crippen LogP contribution < -0.4 is 0 Å². The summed E-state index contributed by atoms with van der Waals surface area (Å²) in [6, 6.07) is 20.9. The van der Waals surface area contributed by atoms with Gasteiger partial charge in [-0.2, -0.15) is 0 Å². The Bertz CT molecular complexity index is 1370. The van der Waals surface area contributed by atoms with Crippen LogP contribution in [0.1, 0.15) is 19.4 Å². The summed E-state index contributed by atoms with van der Waals surface area (Å²) in [6.45, 7) is 4.52. The molecule has 0 N–H and O–H groups in total. The number of furan rings is 1. The van der Waals surface area contributed by atoms with Gasteiger partial charge in [-0.25, -0.2) is 4.98 Å². The van der Waals surface area contributed by atoms with E-state index in [1.54, 1.807) is 0 Å². The van der Waals surface area contributed by atoms with Gasteiger partial charge in [0.05, 0.1) is 11.2 Å². The fraction of sp³-hybridized carbons (Fsp3) is 0.167. The molecule has 0 radical (unpaired) electrons. The van der Waals surface area contributed by atoms with Gasteiger partial charge in [0.25, 0.3) is 0 Å². The van der Waals surface area contributed by atoms with Gasteiger partial charge in [0, 0.05) is 27.9 Å². The summed E-state index contributed by atoms with van der Waals surface area (Å²) in [6.07, 6.45) is 1.91. The number of rotatable bonds is 3. The summed E-state index contributed by atoms with van der Waals surface area (Å²) in [5, 5.41) is 3.30. The zero-order valence-electron chi connectivity index (χ0n) is 17.2. The van der Waals surface area contributed by atoms with Gasteiger partial charge in [0.15, 0.2) is 0 Å². The van der Waals surface area contributed by atoms with Crippen molar-refractivity contribution in [1.29, 1.82) is 0 Å². The van der Waals surface area contributed by atoms with Crippen molar-refractivity contribution in [3.05, 3.63) is 72.4 Å². The number of pyridine rings is 2. The summed E-state index contributed by atoms with van der Waals surface area (Å²) in [7, 11) is 4.57. The lowest BCUT2D eigenvalue weighted by atomic mass is 9.46. The van der Waals surface area contributed by atoms with Crippen LogP contribution >= 0.6 is 0 Å². The van der Waals surface area contributed by atoms with E-state index in [-0.39, 0.29) is 5.21 Å². The van der Waals surface area contributed by atoms with Crippen LogP contribution in [0.5, 0.6) is 0 Å². The molecule has 0 atom stereocenters. The molecule has 0 amide bonds. The molecule has 0 bridgehead atoms. The molecule has 5 rings (SSSR count). The number of nitrogens with zero attached hydrogens (tertiary/aromatic N) is 2. The van der Waals surface area contributed by atoms with Crippen molar-refractivity contribution >= 4 is 48.7 Å². The zero-order valence-corrected chi connectivity index (χ0v) is 17.2. The molecule has 0 spiro atoms. The minimum atomic E-state index is 0.0682. The molecular weight excluding hydrogens is 354 g/mol. The van der Waals surface area contributed by atoms with Crippen molar-refractivity contribution in [2.45, 2.75) is 19.1 Å². The summed E-state index contributed by atoms with van der Waals surface area (Å²) < 4.78 is 6.27. The monoisotopic (exact) mass is 376 g/mol. The maximum absolute atomic E-state index is 6.27. The van der Waals surface area contributed by atoms with Crippen LogP contribution in [0.25, 0.3) is 44.2 Å². The van der Waals surface area contributed by atoms with Gasteiger partial charge < -0.3 is 4.42 Å². The molecule has 0 aliphatic rings. The van der Waals surface area contributed by atoms with Crippen LogP contribution in [0.4, 0.5) is 0 Å². The molecular formula is C24H22B2N2O. The summed E-state index contributed by atoms with van der Waals surface area (Å²) >= 11 is 0. The van der Waals surface area contributed by atoms with E-state index in [1.807, 2.05) is 24.4 Å². The number of fused-ring (bicyclic) bond motifs is 4. The fourth-order valence-electron chi connectivity index (χ4n) is 3.84. The highest BCUT2D eigenvalue weighted by molar-refractivity contribution is 6.40. The third-order valence-electron chi connectivity index (χ3n) is 6.42. The first kappa shape index (κ1) is 18.0. The van der Waals surface area contributed by atoms with Gasteiger partial charge in [-0.1, -0.05) is 60.9 Å². The van der Waals surface area contributed by atoms with E-state index in [0.717, 1.165) is 38.5 Å². The van der Waals surface area contributed by atoms with E-state index >= 15 is 0 Å². The number of para-hydroxylation sites is 2.